The maximum absolute atomic E-state index is 2.35. The van der Waals surface area contributed by atoms with E-state index >= 15 is 0 Å². The molecule has 1 aliphatic heterocycles. The Kier molecular flexibility index (Phi) is 2.04. The second kappa shape index (κ2) is 2.54. The van der Waals surface area contributed by atoms with Gasteiger partial charge in [0.15, 0.2) is 0 Å². The van der Waals surface area contributed by atoms with E-state index in [4.69, 9.17) is 0 Å². The fourth-order valence-electron chi connectivity index (χ4n) is 2.15. The molecule has 1 nitrogen and oxygen atoms in total. The number of hydrogen-bond acceptors (Lipinski definition) is 0. The molecule has 0 N–H and O–H groups in total. The van der Waals surface area contributed by atoms with E-state index < -0.39 is 0 Å². The SMILES string of the molecule is CC(C)[N+]1(C(C)C)CCC1. The van der Waals surface area contributed by atoms with E-state index in [1.165, 1.54) is 24.0 Å². The van der Waals surface area contributed by atoms with Gasteiger partial charge in [0.25, 0.3) is 0 Å². The summed E-state index contributed by atoms with van der Waals surface area (Å²) in [5.74, 6) is 0. The van der Waals surface area contributed by atoms with Crippen molar-refractivity contribution in [2.24, 2.45) is 0 Å². The van der Waals surface area contributed by atoms with Crippen LogP contribution < -0.4 is 0 Å². The minimum atomic E-state index is 0.828. The van der Waals surface area contributed by atoms with E-state index in [0.29, 0.717) is 0 Å². The summed E-state index contributed by atoms with van der Waals surface area (Å²) in [6, 6.07) is 1.66. The fourth-order valence-corrected chi connectivity index (χ4v) is 2.15. The Morgan fingerprint density at radius 3 is 1.30 bits per heavy atom. The van der Waals surface area contributed by atoms with Crippen LogP contribution in [0.5, 0.6) is 0 Å². The minimum Gasteiger partial charge on any atom is -0.319 e. The minimum absolute atomic E-state index is 0.828. The van der Waals surface area contributed by atoms with Crippen LogP contribution in [-0.4, -0.2) is 29.7 Å². The molecule has 1 fully saturated rings. The molecule has 0 spiro atoms. The number of hydrogen-bond donors (Lipinski definition) is 0. The Morgan fingerprint density at radius 2 is 1.30 bits per heavy atom. The molecule has 1 aliphatic rings. The predicted octanol–water partition coefficient (Wildman–Crippen LogP) is 2.02. The summed E-state index contributed by atoms with van der Waals surface area (Å²) in [6.45, 7) is 12.2. The lowest BCUT2D eigenvalue weighted by Gasteiger charge is -2.52. The molecule has 0 atom stereocenters. The highest BCUT2D eigenvalue weighted by atomic mass is 15.4. The predicted molar refractivity (Wildman–Crippen MR) is 44.9 cm³/mol. The monoisotopic (exact) mass is 142 g/mol. The first-order valence-corrected chi connectivity index (χ1v) is 4.46. The van der Waals surface area contributed by atoms with Gasteiger partial charge < -0.3 is 4.48 Å². The lowest BCUT2D eigenvalue weighted by molar-refractivity contribution is -1.000. The van der Waals surface area contributed by atoms with Gasteiger partial charge >= 0.3 is 0 Å². The van der Waals surface area contributed by atoms with Gasteiger partial charge in [0.05, 0.1) is 25.2 Å². The van der Waals surface area contributed by atoms with Gasteiger partial charge in [-0.2, -0.15) is 0 Å². The van der Waals surface area contributed by atoms with Crippen LogP contribution in [0.25, 0.3) is 0 Å². The van der Waals surface area contributed by atoms with Crippen LogP contribution in [0, 0.1) is 0 Å². The molecule has 0 aliphatic carbocycles. The van der Waals surface area contributed by atoms with Crippen LogP contribution in [0.1, 0.15) is 34.1 Å². The largest absolute Gasteiger partial charge is 0.319 e. The lowest BCUT2D eigenvalue weighted by atomic mass is 10.0. The van der Waals surface area contributed by atoms with Crippen LogP contribution >= 0.6 is 0 Å². The van der Waals surface area contributed by atoms with Gasteiger partial charge in [0.1, 0.15) is 0 Å². The summed E-state index contributed by atoms with van der Waals surface area (Å²) < 4.78 is 1.36. The molecular formula is C9H20N+. The van der Waals surface area contributed by atoms with Gasteiger partial charge in [-0.3, -0.25) is 0 Å². The molecule has 0 amide bonds. The smallest absolute Gasteiger partial charge is 0.0844 e. The zero-order valence-electron chi connectivity index (χ0n) is 7.72. The van der Waals surface area contributed by atoms with Crippen molar-refractivity contribution in [3.05, 3.63) is 0 Å². The van der Waals surface area contributed by atoms with Crippen molar-refractivity contribution in [2.45, 2.75) is 46.2 Å². The average molecular weight is 142 g/mol. The molecule has 10 heavy (non-hydrogen) atoms. The quantitative estimate of drug-likeness (QED) is 0.517. The second-order valence-electron chi connectivity index (χ2n) is 4.09. The zero-order chi connectivity index (χ0) is 7.78. The Balaban J connectivity index is 2.59. The number of quaternary nitrogens is 1. The first-order chi connectivity index (χ1) is 4.59. The van der Waals surface area contributed by atoms with E-state index in [1.54, 1.807) is 0 Å². The summed E-state index contributed by atoms with van der Waals surface area (Å²) in [4.78, 5) is 0. The molecule has 60 valence electrons. The molecule has 0 radical (unpaired) electrons. The third-order valence-electron chi connectivity index (χ3n) is 3.21. The van der Waals surface area contributed by atoms with Gasteiger partial charge in [-0.25, -0.2) is 0 Å². The molecule has 0 saturated carbocycles. The number of nitrogens with zero attached hydrogens (tertiary/aromatic N) is 1. The Hall–Kier alpha value is -0.0400. The van der Waals surface area contributed by atoms with Crippen molar-refractivity contribution in [2.75, 3.05) is 13.1 Å². The molecule has 0 aromatic carbocycles. The highest BCUT2D eigenvalue weighted by Gasteiger charge is 2.40. The van der Waals surface area contributed by atoms with Gasteiger partial charge in [0, 0.05) is 6.42 Å². The average Bonchev–Trinajstić information content (AvgIpc) is 1.57. The standard InChI is InChI=1S/C9H20N/c1-8(2)10(9(3)4)6-5-7-10/h8-9H,5-7H2,1-4H3/q+1. The van der Waals surface area contributed by atoms with E-state index in [0.717, 1.165) is 12.1 Å². The normalized spacial score (nSPS) is 23.4. The molecule has 0 aromatic heterocycles. The number of likely N-dealkylation sites (tertiary alicyclic amines) is 1. The van der Waals surface area contributed by atoms with Gasteiger partial charge in [-0.1, -0.05) is 0 Å². The number of rotatable bonds is 2. The molecule has 0 aromatic rings. The highest BCUT2D eigenvalue weighted by Crippen LogP contribution is 2.27. The third-order valence-corrected chi connectivity index (χ3v) is 3.21. The van der Waals surface area contributed by atoms with Crippen LogP contribution in [0.2, 0.25) is 0 Å². The van der Waals surface area contributed by atoms with Crippen LogP contribution in [0.15, 0.2) is 0 Å². The molecule has 0 unspecified atom stereocenters. The Bertz CT molecular complexity index is 102. The van der Waals surface area contributed by atoms with Crippen molar-refractivity contribution >= 4 is 0 Å². The summed E-state index contributed by atoms with van der Waals surface area (Å²) in [7, 11) is 0. The van der Waals surface area contributed by atoms with Crippen LogP contribution in [0.4, 0.5) is 0 Å². The summed E-state index contributed by atoms with van der Waals surface area (Å²) in [6.07, 6.45) is 1.44. The highest BCUT2D eigenvalue weighted by molar-refractivity contribution is 4.62. The van der Waals surface area contributed by atoms with E-state index in [9.17, 15) is 0 Å². The first-order valence-electron chi connectivity index (χ1n) is 4.46. The maximum Gasteiger partial charge on any atom is 0.0844 e. The van der Waals surface area contributed by atoms with E-state index in [2.05, 4.69) is 27.7 Å². The summed E-state index contributed by atoms with van der Waals surface area (Å²) in [5.41, 5.74) is 0. The van der Waals surface area contributed by atoms with Gasteiger partial charge in [-0.15, -0.1) is 0 Å². The lowest BCUT2D eigenvalue weighted by Crippen LogP contribution is -2.65. The van der Waals surface area contributed by atoms with Gasteiger partial charge in [0.2, 0.25) is 0 Å². The van der Waals surface area contributed by atoms with Crippen molar-refractivity contribution in [1.29, 1.82) is 0 Å². The molecule has 1 heteroatoms. The molecular weight excluding hydrogens is 122 g/mol. The maximum atomic E-state index is 2.35. The summed E-state index contributed by atoms with van der Waals surface area (Å²) >= 11 is 0. The Labute approximate surface area is 64.6 Å². The molecule has 1 heterocycles. The van der Waals surface area contributed by atoms with Crippen molar-refractivity contribution in [3.8, 4) is 0 Å². The zero-order valence-corrected chi connectivity index (χ0v) is 7.72. The van der Waals surface area contributed by atoms with Crippen molar-refractivity contribution in [1.82, 2.24) is 0 Å². The molecule has 1 saturated heterocycles. The van der Waals surface area contributed by atoms with E-state index in [-0.39, 0.29) is 0 Å². The molecule has 1 rings (SSSR count). The van der Waals surface area contributed by atoms with Crippen LogP contribution in [0.3, 0.4) is 0 Å². The second-order valence-corrected chi connectivity index (χ2v) is 4.09. The molecule has 0 bridgehead atoms. The van der Waals surface area contributed by atoms with E-state index in [1.807, 2.05) is 0 Å². The Morgan fingerprint density at radius 1 is 0.900 bits per heavy atom. The van der Waals surface area contributed by atoms with Gasteiger partial charge in [-0.05, 0) is 27.7 Å². The van der Waals surface area contributed by atoms with Crippen molar-refractivity contribution < 1.29 is 4.48 Å². The fraction of sp³-hybridized carbons (Fsp3) is 1.00. The van der Waals surface area contributed by atoms with Crippen molar-refractivity contribution in [3.63, 3.8) is 0 Å². The first kappa shape index (κ1) is 8.06. The topological polar surface area (TPSA) is 0 Å². The summed E-state index contributed by atoms with van der Waals surface area (Å²) in [5, 5.41) is 0. The third kappa shape index (κ3) is 0.968. The van der Waals surface area contributed by atoms with Crippen LogP contribution in [-0.2, 0) is 0 Å².